The van der Waals surface area contributed by atoms with Gasteiger partial charge in [-0.25, -0.2) is 8.78 Å². The Balaban J connectivity index is 1.71. The van der Waals surface area contributed by atoms with Crippen LogP contribution in [-0.4, -0.2) is 36.5 Å². The minimum atomic E-state index is -0.568. The Hall–Kier alpha value is -1.49. The number of amides is 1. The minimum Gasteiger partial charge on any atom is -0.339 e. The van der Waals surface area contributed by atoms with Crippen LogP contribution in [0.5, 0.6) is 0 Å². The van der Waals surface area contributed by atoms with Gasteiger partial charge >= 0.3 is 0 Å². The second-order valence-corrected chi connectivity index (χ2v) is 5.12. The van der Waals surface area contributed by atoms with Gasteiger partial charge in [0, 0.05) is 18.7 Å². The summed E-state index contributed by atoms with van der Waals surface area (Å²) in [5.74, 6) is -1.04. The molecule has 20 heavy (non-hydrogen) atoms. The first-order valence-electron chi connectivity index (χ1n) is 7.05. The lowest BCUT2D eigenvalue weighted by Gasteiger charge is -2.20. The Morgan fingerprint density at radius 1 is 1.30 bits per heavy atom. The first kappa shape index (κ1) is 14.9. The van der Waals surface area contributed by atoms with Crippen molar-refractivity contribution in [3.63, 3.8) is 0 Å². The lowest BCUT2D eigenvalue weighted by atomic mass is 10.1. The number of carbonyl (C=O) groups excluding carboxylic acids is 1. The highest BCUT2D eigenvalue weighted by atomic mass is 19.1. The van der Waals surface area contributed by atoms with Crippen LogP contribution in [0, 0.1) is 11.6 Å². The van der Waals surface area contributed by atoms with Crippen molar-refractivity contribution < 1.29 is 13.6 Å². The molecule has 1 aromatic rings. The first-order chi connectivity index (χ1) is 9.60. The molecule has 1 aliphatic rings. The molecule has 2 rings (SSSR count). The van der Waals surface area contributed by atoms with Gasteiger partial charge < -0.3 is 10.2 Å². The predicted octanol–water partition coefficient (Wildman–Crippen LogP) is 2.11. The molecule has 1 amide bonds. The van der Waals surface area contributed by atoms with Crippen molar-refractivity contribution >= 4 is 5.91 Å². The average molecular weight is 282 g/mol. The van der Waals surface area contributed by atoms with Gasteiger partial charge in [-0.15, -0.1) is 0 Å². The van der Waals surface area contributed by atoms with E-state index in [9.17, 15) is 13.6 Å². The van der Waals surface area contributed by atoms with Crippen molar-refractivity contribution in [3.8, 4) is 0 Å². The van der Waals surface area contributed by atoms with E-state index < -0.39 is 11.6 Å². The Kier molecular flexibility index (Phi) is 5.06. The number of nitrogens with zero attached hydrogens (tertiary/aromatic N) is 1. The van der Waals surface area contributed by atoms with E-state index in [1.807, 2.05) is 11.8 Å². The van der Waals surface area contributed by atoms with E-state index >= 15 is 0 Å². The largest absolute Gasteiger partial charge is 0.339 e. The van der Waals surface area contributed by atoms with E-state index in [1.165, 1.54) is 12.1 Å². The average Bonchev–Trinajstić information content (AvgIpc) is 3.19. The molecule has 0 atom stereocenters. The zero-order chi connectivity index (χ0) is 14.5. The molecule has 0 heterocycles. The molecular formula is C15H20F2N2O. The number of hydrogen-bond acceptors (Lipinski definition) is 2. The monoisotopic (exact) mass is 282 g/mol. The van der Waals surface area contributed by atoms with Crippen molar-refractivity contribution in [2.45, 2.75) is 32.2 Å². The van der Waals surface area contributed by atoms with Crippen LogP contribution in [0.3, 0.4) is 0 Å². The van der Waals surface area contributed by atoms with Crippen LogP contribution in [-0.2, 0) is 11.2 Å². The third-order valence-electron chi connectivity index (χ3n) is 3.44. The predicted molar refractivity (Wildman–Crippen MR) is 73.3 cm³/mol. The highest BCUT2D eigenvalue weighted by molar-refractivity contribution is 5.78. The Bertz CT molecular complexity index is 455. The van der Waals surface area contributed by atoms with E-state index in [4.69, 9.17) is 0 Å². The van der Waals surface area contributed by atoms with Crippen molar-refractivity contribution in [1.29, 1.82) is 0 Å². The Labute approximate surface area is 118 Å². The van der Waals surface area contributed by atoms with Crippen LogP contribution >= 0.6 is 0 Å². The number of hydrogen-bond donors (Lipinski definition) is 1. The van der Waals surface area contributed by atoms with E-state index in [2.05, 4.69) is 5.32 Å². The number of rotatable bonds is 7. The van der Waals surface area contributed by atoms with Gasteiger partial charge in [-0.1, -0.05) is 0 Å². The van der Waals surface area contributed by atoms with Crippen LogP contribution in [0.2, 0.25) is 0 Å². The van der Waals surface area contributed by atoms with Gasteiger partial charge in [0.1, 0.15) is 11.6 Å². The number of likely N-dealkylation sites (N-methyl/N-ethyl adjacent to an activating group) is 1. The van der Waals surface area contributed by atoms with Crippen LogP contribution in [0.1, 0.15) is 25.3 Å². The fourth-order valence-electron chi connectivity index (χ4n) is 2.31. The van der Waals surface area contributed by atoms with Gasteiger partial charge in [-0.05, 0) is 50.4 Å². The lowest BCUT2D eigenvalue weighted by molar-refractivity contribution is -0.130. The molecule has 1 saturated carbocycles. The summed E-state index contributed by atoms with van der Waals surface area (Å²) in [6, 6.07) is 3.91. The fourth-order valence-corrected chi connectivity index (χ4v) is 2.31. The van der Waals surface area contributed by atoms with Crippen LogP contribution in [0.25, 0.3) is 0 Å². The van der Waals surface area contributed by atoms with E-state index in [-0.39, 0.29) is 12.5 Å². The molecule has 110 valence electrons. The SMILES string of the molecule is CCN(C(=O)CNCCc1cc(F)cc(F)c1)C1CC1. The molecule has 0 spiro atoms. The minimum absolute atomic E-state index is 0.0976. The normalized spacial score (nSPS) is 14.3. The Morgan fingerprint density at radius 2 is 1.95 bits per heavy atom. The Morgan fingerprint density at radius 3 is 2.50 bits per heavy atom. The lowest BCUT2D eigenvalue weighted by Crippen LogP contribution is -2.39. The van der Waals surface area contributed by atoms with Gasteiger partial charge in [0.25, 0.3) is 0 Å². The maximum Gasteiger partial charge on any atom is 0.236 e. The quantitative estimate of drug-likeness (QED) is 0.777. The van der Waals surface area contributed by atoms with Crippen LogP contribution in [0.15, 0.2) is 18.2 Å². The number of carbonyl (C=O) groups is 1. The van der Waals surface area contributed by atoms with Gasteiger partial charge in [-0.3, -0.25) is 4.79 Å². The molecule has 0 unspecified atom stereocenters. The first-order valence-corrected chi connectivity index (χ1v) is 7.05. The third kappa shape index (κ3) is 4.27. The molecule has 5 heteroatoms. The number of halogens is 2. The summed E-state index contributed by atoms with van der Waals surface area (Å²) in [5, 5.41) is 3.03. The van der Waals surface area contributed by atoms with E-state index in [1.54, 1.807) is 0 Å². The zero-order valence-corrected chi connectivity index (χ0v) is 11.7. The second kappa shape index (κ2) is 6.79. The highest BCUT2D eigenvalue weighted by Gasteiger charge is 2.30. The van der Waals surface area contributed by atoms with Gasteiger partial charge in [0.15, 0.2) is 0 Å². The summed E-state index contributed by atoms with van der Waals surface area (Å²) in [6.07, 6.45) is 2.70. The topological polar surface area (TPSA) is 32.3 Å². The molecule has 0 radical (unpaired) electrons. The molecule has 0 bridgehead atoms. The van der Waals surface area contributed by atoms with Crippen molar-refractivity contribution in [2.75, 3.05) is 19.6 Å². The second-order valence-electron chi connectivity index (χ2n) is 5.12. The maximum atomic E-state index is 13.0. The summed E-state index contributed by atoms with van der Waals surface area (Å²) in [5.41, 5.74) is 0.594. The zero-order valence-electron chi connectivity index (χ0n) is 11.7. The molecule has 1 aromatic carbocycles. The molecule has 0 aliphatic heterocycles. The molecule has 0 aromatic heterocycles. The molecule has 1 fully saturated rings. The van der Waals surface area contributed by atoms with Gasteiger partial charge in [-0.2, -0.15) is 0 Å². The standard InChI is InChI=1S/C15H20F2N2O/c1-2-19(14-3-4-14)15(20)10-18-6-5-11-7-12(16)9-13(17)8-11/h7-9,14,18H,2-6,10H2,1H3. The summed E-state index contributed by atoms with van der Waals surface area (Å²) in [6.45, 7) is 3.52. The molecule has 1 aliphatic carbocycles. The fraction of sp³-hybridized carbons (Fsp3) is 0.533. The van der Waals surface area contributed by atoms with E-state index in [0.29, 0.717) is 24.6 Å². The maximum absolute atomic E-state index is 13.0. The molecular weight excluding hydrogens is 262 g/mol. The van der Waals surface area contributed by atoms with Crippen molar-refractivity contribution in [3.05, 3.63) is 35.4 Å². The van der Waals surface area contributed by atoms with Crippen LogP contribution < -0.4 is 5.32 Å². The molecule has 1 N–H and O–H groups in total. The summed E-state index contributed by atoms with van der Waals surface area (Å²) >= 11 is 0. The highest BCUT2D eigenvalue weighted by Crippen LogP contribution is 2.26. The summed E-state index contributed by atoms with van der Waals surface area (Å²) < 4.78 is 26.0. The summed E-state index contributed by atoms with van der Waals surface area (Å²) in [7, 11) is 0. The molecule has 0 saturated heterocycles. The van der Waals surface area contributed by atoms with E-state index in [0.717, 1.165) is 25.5 Å². The van der Waals surface area contributed by atoms with Crippen LogP contribution in [0.4, 0.5) is 8.78 Å². The summed E-state index contributed by atoms with van der Waals surface area (Å²) in [4.78, 5) is 13.8. The van der Waals surface area contributed by atoms with Gasteiger partial charge in [0.05, 0.1) is 6.54 Å². The number of benzene rings is 1. The molecule has 3 nitrogen and oxygen atoms in total. The van der Waals surface area contributed by atoms with Crippen molar-refractivity contribution in [2.24, 2.45) is 0 Å². The third-order valence-corrected chi connectivity index (χ3v) is 3.44. The number of nitrogens with one attached hydrogen (secondary N) is 1. The smallest absolute Gasteiger partial charge is 0.236 e. The van der Waals surface area contributed by atoms with Gasteiger partial charge in [0.2, 0.25) is 5.91 Å². The van der Waals surface area contributed by atoms with Crippen molar-refractivity contribution in [1.82, 2.24) is 10.2 Å².